The van der Waals surface area contributed by atoms with E-state index < -0.39 is 6.04 Å². The van der Waals surface area contributed by atoms with Gasteiger partial charge in [-0.15, -0.1) is 6.58 Å². The molecule has 1 saturated heterocycles. The summed E-state index contributed by atoms with van der Waals surface area (Å²) in [4.78, 5) is 32.6. The molecule has 7 nitrogen and oxygen atoms in total. The van der Waals surface area contributed by atoms with Gasteiger partial charge in [-0.3, -0.25) is 9.80 Å². The highest BCUT2D eigenvalue weighted by molar-refractivity contribution is 5.95. The molecule has 0 aromatic heterocycles. The summed E-state index contributed by atoms with van der Waals surface area (Å²) < 4.78 is 5.48. The number of esters is 1. The number of carbonyl (C=O) groups excluding carboxylic acids is 2. The monoisotopic (exact) mass is 454 g/mol. The van der Waals surface area contributed by atoms with Crippen LogP contribution in [0.4, 0.5) is 4.79 Å². The third kappa shape index (κ3) is 5.84. The molecular formula is C26H38N4O3. The smallest absolute Gasteiger partial charge is 0.338 e. The third-order valence-corrected chi connectivity index (χ3v) is 6.32. The second-order valence-corrected chi connectivity index (χ2v) is 9.81. The number of urea groups is 1. The molecule has 0 aliphatic carbocycles. The fraction of sp³-hybridized carbons (Fsp3) is 0.538. The van der Waals surface area contributed by atoms with Crippen molar-refractivity contribution >= 4 is 12.0 Å². The minimum absolute atomic E-state index is 0.0154. The van der Waals surface area contributed by atoms with E-state index in [4.69, 9.17) is 4.74 Å². The minimum Gasteiger partial charge on any atom is -0.463 e. The van der Waals surface area contributed by atoms with Gasteiger partial charge in [-0.25, -0.2) is 9.59 Å². The summed E-state index contributed by atoms with van der Waals surface area (Å²) in [6.07, 6.45) is 1.69. The molecule has 3 rings (SSSR count). The van der Waals surface area contributed by atoms with Crippen LogP contribution in [-0.2, 0) is 14.9 Å². The normalized spacial score (nSPS) is 20.6. The maximum atomic E-state index is 13.3. The first-order chi connectivity index (χ1) is 15.7. The topological polar surface area (TPSA) is 65.1 Å². The van der Waals surface area contributed by atoms with Crippen molar-refractivity contribution in [2.24, 2.45) is 0 Å². The highest BCUT2D eigenvalue weighted by Crippen LogP contribution is 2.33. The molecule has 0 spiro atoms. The van der Waals surface area contributed by atoms with Crippen LogP contribution in [0.3, 0.4) is 0 Å². The zero-order valence-corrected chi connectivity index (χ0v) is 20.7. The first-order valence-corrected chi connectivity index (χ1v) is 11.8. The Labute approximate surface area is 198 Å². The van der Waals surface area contributed by atoms with Crippen molar-refractivity contribution in [2.45, 2.75) is 39.2 Å². The van der Waals surface area contributed by atoms with Gasteiger partial charge in [-0.2, -0.15) is 0 Å². The van der Waals surface area contributed by atoms with E-state index in [1.807, 2.05) is 12.1 Å². The molecule has 7 heteroatoms. The molecule has 0 radical (unpaired) electrons. The van der Waals surface area contributed by atoms with Gasteiger partial charge in [0.05, 0.1) is 18.2 Å². The number of nitrogens with one attached hydrogen (secondary N) is 1. The Morgan fingerprint density at radius 1 is 1.18 bits per heavy atom. The van der Waals surface area contributed by atoms with Crippen molar-refractivity contribution in [3.8, 4) is 0 Å². The Balaban J connectivity index is 2.06. The number of amides is 2. The summed E-state index contributed by atoms with van der Waals surface area (Å²) in [7, 11) is 2.11. The van der Waals surface area contributed by atoms with Crippen molar-refractivity contribution in [1.82, 2.24) is 20.0 Å². The lowest BCUT2D eigenvalue weighted by atomic mass is 9.85. The Morgan fingerprint density at radius 2 is 1.82 bits per heavy atom. The van der Waals surface area contributed by atoms with E-state index in [0.29, 0.717) is 24.4 Å². The van der Waals surface area contributed by atoms with Crippen molar-refractivity contribution < 1.29 is 14.3 Å². The van der Waals surface area contributed by atoms with Crippen LogP contribution >= 0.6 is 0 Å². The van der Waals surface area contributed by atoms with Gasteiger partial charge >= 0.3 is 12.0 Å². The molecule has 0 saturated carbocycles. The molecule has 1 aromatic rings. The fourth-order valence-corrected chi connectivity index (χ4v) is 4.29. The Morgan fingerprint density at radius 3 is 2.36 bits per heavy atom. The number of hydrogen-bond donors (Lipinski definition) is 1. The molecule has 0 unspecified atom stereocenters. The third-order valence-electron chi connectivity index (χ3n) is 6.32. The number of hydrogen-bond acceptors (Lipinski definition) is 5. The van der Waals surface area contributed by atoms with Crippen LogP contribution in [0.15, 0.2) is 48.2 Å². The van der Waals surface area contributed by atoms with E-state index in [2.05, 4.69) is 61.6 Å². The average molecular weight is 455 g/mol. The SMILES string of the molecule is C=CCN1C(=O)N[C@H](c2ccc(C(C)(C)C)cc2)C(C(=O)OCC)=C1CN1CCN(C)CC1. The van der Waals surface area contributed by atoms with Crippen LogP contribution in [0, 0.1) is 0 Å². The molecule has 1 N–H and O–H groups in total. The standard InChI is InChI=1S/C26H38N4O3/c1-7-13-30-21(18-29-16-14-28(6)15-17-29)22(24(31)33-8-2)23(27-25(30)32)19-9-11-20(12-10-19)26(3,4)5/h7,9-12,23H,1,8,13-18H2,2-6H3,(H,27,32)/t23-/m1/s1. The van der Waals surface area contributed by atoms with E-state index in [1.54, 1.807) is 17.9 Å². The zero-order chi connectivity index (χ0) is 24.2. The molecule has 1 atom stereocenters. The van der Waals surface area contributed by atoms with Gasteiger partial charge in [0.1, 0.15) is 0 Å². The lowest BCUT2D eigenvalue weighted by Gasteiger charge is -2.40. The number of likely N-dealkylation sites (N-methyl/N-ethyl adjacent to an activating group) is 1. The van der Waals surface area contributed by atoms with Crippen LogP contribution in [0.1, 0.15) is 44.9 Å². The zero-order valence-electron chi connectivity index (χ0n) is 20.7. The lowest BCUT2D eigenvalue weighted by Crippen LogP contribution is -2.52. The Hall–Kier alpha value is -2.64. The molecule has 180 valence electrons. The average Bonchev–Trinajstić information content (AvgIpc) is 2.77. The number of carbonyl (C=O) groups is 2. The fourth-order valence-electron chi connectivity index (χ4n) is 4.29. The van der Waals surface area contributed by atoms with Gasteiger partial charge in [0.2, 0.25) is 0 Å². The largest absolute Gasteiger partial charge is 0.463 e. The van der Waals surface area contributed by atoms with Crippen LogP contribution in [-0.4, -0.2) is 79.6 Å². The highest BCUT2D eigenvalue weighted by atomic mass is 16.5. The van der Waals surface area contributed by atoms with E-state index in [1.165, 1.54) is 5.56 Å². The van der Waals surface area contributed by atoms with Crippen LogP contribution in [0.5, 0.6) is 0 Å². The Kier molecular flexibility index (Phi) is 7.97. The maximum Gasteiger partial charge on any atom is 0.338 e. The van der Waals surface area contributed by atoms with Crippen LogP contribution in [0.25, 0.3) is 0 Å². The molecule has 2 heterocycles. The second-order valence-electron chi connectivity index (χ2n) is 9.81. The molecule has 1 aromatic carbocycles. The molecule has 33 heavy (non-hydrogen) atoms. The number of rotatable bonds is 7. The summed E-state index contributed by atoms with van der Waals surface area (Å²) in [5.74, 6) is -0.388. The summed E-state index contributed by atoms with van der Waals surface area (Å²) in [6.45, 7) is 16.9. The van der Waals surface area contributed by atoms with Gasteiger partial charge < -0.3 is 15.0 Å². The molecule has 2 aliphatic rings. The summed E-state index contributed by atoms with van der Waals surface area (Å²) in [5.41, 5.74) is 3.28. The molecule has 2 amide bonds. The predicted molar refractivity (Wildman–Crippen MR) is 131 cm³/mol. The van der Waals surface area contributed by atoms with Crippen LogP contribution < -0.4 is 5.32 Å². The summed E-state index contributed by atoms with van der Waals surface area (Å²) in [5, 5.41) is 3.04. The Bertz CT molecular complexity index is 893. The van der Waals surface area contributed by atoms with Gasteiger partial charge in [0, 0.05) is 45.0 Å². The minimum atomic E-state index is -0.561. The van der Waals surface area contributed by atoms with Crippen molar-refractivity contribution in [3.05, 3.63) is 59.3 Å². The number of piperazine rings is 1. The number of nitrogens with zero attached hydrogens (tertiary/aromatic N) is 3. The van der Waals surface area contributed by atoms with Gasteiger partial charge in [0.15, 0.2) is 0 Å². The predicted octanol–water partition coefficient (Wildman–Crippen LogP) is 3.30. The van der Waals surface area contributed by atoms with E-state index in [-0.39, 0.29) is 24.0 Å². The first-order valence-electron chi connectivity index (χ1n) is 11.8. The maximum absolute atomic E-state index is 13.3. The number of ether oxygens (including phenoxy) is 1. The van der Waals surface area contributed by atoms with Crippen LogP contribution in [0.2, 0.25) is 0 Å². The van der Waals surface area contributed by atoms with E-state index in [0.717, 1.165) is 31.7 Å². The molecule has 1 fully saturated rings. The van der Waals surface area contributed by atoms with Gasteiger partial charge in [0.25, 0.3) is 0 Å². The quantitative estimate of drug-likeness (QED) is 0.506. The van der Waals surface area contributed by atoms with Crippen molar-refractivity contribution in [3.63, 3.8) is 0 Å². The summed E-state index contributed by atoms with van der Waals surface area (Å²) >= 11 is 0. The van der Waals surface area contributed by atoms with Crippen molar-refractivity contribution in [2.75, 3.05) is 52.9 Å². The second kappa shape index (κ2) is 10.5. The van der Waals surface area contributed by atoms with Gasteiger partial charge in [-0.05, 0) is 30.5 Å². The van der Waals surface area contributed by atoms with Gasteiger partial charge in [-0.1, -0.05) is 51.1 Å². The highest BCUT2D eigenvalue weighted by Gasteiger charge is 2.38. The lowest BCUT2D eigenvalue weighted by molar-refractivity contribution is -0.139. The van der Waals surface area contributed by atoms with E-state index >= 15 is 0 Å². The molecular weight excluding hydrogens is 416 g/mol. The molecule has 0 bridgehead atoms. The molecule has 2 aliphatic heterocycles. The van der Waals surface area contributed by atoms with E-state index in [9.17, 15) is 9.59 Å². The summed E-state index contributed by atoms with van der Waals surface area (Å²) in [6, 6.07) is 7.36. The first kappa shape index (κ1) is 25.0. The number of benzene rings is 1. The van der Waals surface area contributed by atoms with Crippen molar-refractivity contribution in [1.29, 1.82) is 0 Å².